The number of hydrogen-bond acceptors (Lipinski definition) is 3. The molecule has 0 aliphatic rings. The van der Waals surface area contributed by atoms with E-state index in [1.54, 1.807) is 55.6 Å². The maximum atomic E-state index is 11.9. The number of hydrogen-bond donors (Lipinski definition) is 0. The summed E-state index contributed by atoms with van der Waals surface area (Å²) in [6, 6.07) is 13.8. The molecule has 0 N–H and O–H groups in total. The first-order valence-corrected chi connectivity index (χ1v) is 6.12. The highest BCUT2D eigenvalue weighted by Gasteiger charge is 2.07. The minimum atomic E-state index is -0.0856. The first kappa shape index (κ1) is 13.4. The molecule has 0 aliphatic heterocycles. The Morgan fingerprint density at radius 2 is 1.58 bits per heavy atom. The van der Waals surface area contributed by atoms with Crippen molar-refractivity contribution in [1.82, 2.24) is 0 Å². The van der Waals surface area contributed by atoms with Crippen LogP contribution in [0.1, 0.15) is 10.4 Å². The fraction of sp³-hybridized carbons (Fsp3) is 0.133. The molecule has 0 unspecified atom stereocenters. The van der Waals surface area contributed by atoms with E-state index in [-0.39, 0.29) is 12.4 Å². The Balaban J connectivity index is 1.95. The fourth-order valence-electron chi connectivity index (χ4n) is 1.54. The Labute approximate surface area is 116 Å². The molecule has 0 amide bonds. The zero-order valence-corrected chi connectivity index (χ0v) is 11.2. The van der Waals surface area contributed by atoms with Gasteiger partial charge in [-0.3, -0.25) is 4.79 Å². The van der Waals surface area contributed by atoms with Gasteiger partial charge in [0.25, 0.3) is 0 Å². The Morgan fingerprint density at radius 3 is 2.16 bits per heavy atom. The molecule has 0 aromatic heterocycles. The molecule has 0 fully saturated rings. The van der Waals surface area contributed by atoms with Gasteiger partial charge in [0.2, 0.25) is 0 Å². The number of methoxy groups -OCH3 is 1. The second kappa shape index (κ2) is 6.25. The summed E-state index contributed by atoms with van der Waals surface area (Å²) in [5.41, 5.74) is 0.592. The van der Waals surface area contributed by atoms with Gasteiger partial charge in [0.1, 0.15) is 11.5 Å². The largest absolute Gasteiger partial charge is 0.497 e. The van der Waals surface area contributed by atoms with Gasteiger partial charge in [-0.15, -0.1) is 0 Å². The SMILES string of the molecule is COc1ccc(C(=O)COc2ccc(Cl)cc2)cc1. The Kier molecular flexibility index (Phi) is 4.42. The lowest BCUT2D eigenvalue weighted by atomic mass is 10.1. The van der Waals surface area contributed by atoms with Crippen molar-refractivity contribution in [2.24, 2.45) is 0 Å². The topological polar surface area (TPSA) is 35.5 Å². The van der Waals surface area contributed by atoms with Gasteiger partial charge in [-0.2, -0.15) is 0 Å². The van der Waals surface area contributed by atoms with E-state index in [4.69, 9.17) is 21.1 Å². The van der Waals surface area contributed by atoms with Crippen molar-refractivity contribution < 1.29 is 14.3 Å². The number of rotatable bonds is 5. The van der Waals surface area contributed by atoms with Crippen LogP contribution < -0.4 is 9.47 Å². The predicted octanol–water partition coefficient (Wildman–Crippen LogP) is 3.61. The standard InChI is InChI=1S/C15H13ClO3/c1-18-13-6-2-11(3-7-13)15(17)10-19-14-8-4-12(16)5-9-14/h2-9H,10H2,1H3. The van der Waals surface area contributed by atoms with Crippen LogP contribution in [0.2, 0.25) is 5.02 Å². The molecule has 2 aromatic rings. The number of ether oxygens (including phenoxy) is 2. The molecule has 0 saturated heterocycles. The zero-order chi connectivity index (χ0) is 13.7. The van der Waals surface area contributed by atoms with Crippen LogP contribution >= 0.6 is 11.6 Å². The van der Waals surface area contributed by atoms with E-state index < -0.39 is 0 Å². The van der Waals surface area contributed by atoms with Crippen LogP contribution in [-0.4, -0.2) is 19.5 Å². The summed E-state index contributed by atoms with van der Waals surface area (Å²) < 4.78 is 10.4. The second-order valence-corrected chi connectivity index (χ2v) is 4.33. The Morgan fingerprint density at radius 1 is 1.00 bits per heavy atom. The highest BCUT2D eigenvalue weighted by atomic mass is 35.5. The molecule has 98 valence electrons. The maximum absolute atomic E-state index is 11.9. The number of benzene rings is 2. The first-order chi connectivity index (χ1) is 9.19. The van der Waals surface area contributed by atoms with Crippen molar-refractivity contribution in [3.63, 3.8) is 0 Å². The van der Waals surface area contributed by atoms with Gasteiger partial charge >= 0.3 is 0 Å². The van der Waals surface area contributed by atoms with Crippen LogP contribution in [0.5, 0.6) is 11.5 Å². The minimum absolute atomic E-state index is 0.00599. The van der Waals surface area contributed by atoms with Crippen LogP contribution in [0.3, 0.4) is 0 Å². The number of ketones is 1. The molecule has 2 aromatic carbocycles. The minimum Gasteiger partial charge on any atom is -0.497 e. The maximum Gasteiger partial charge on any atom is 0.200 e. The van der Waals surface area contributed by atoms with E-state index in [9.17, 15) is 4.79 Å². The van der Waals surface area contributed by atoms with E-state index in [2.05, 4.69) is 0 Å². The zero-order valence-electron chi connectivity index (χ0n) is 10.4. The summed E-state index contributed by atoms with van der Waals surface area (Å²) in [7, 11) is 1.58. The summed E-state index contributed by atoms with van der Waals surface area (Å²) >= 11 is 5.76. The van der Waals surface area contributed by atoms with Crippen molar-refractivity contribution in [1.29, 1.82) is 0 Å². The molecule has 0 bridgehead atoms. The van der Waals surface area contributed by atoms with Crippen LogP contribution in [0.4, 0.5) is 0 Å². The highest BCUT2D eigenvalue weighted by molar-refractivity contribution is 6.30. The highest BCUT2D eigenvalue weighted by Crippen LogP contribution is 2.16. The summed E-state index contributed by atoms with van der Waals surface area (Å²) in [5, 5.41) is 0.633. The summed E-state index contributed by atoms with van der Waals surface area (Å²) in [6.45, 7) is -0.00599. The van der Waals surface area contributed by atoms with Crippen molar-refractivity contribution in [3.05, 3.63) is 59.1 Å². The van der Waals surface area contributed by atoms with Crippen molar-refractivity contribution in [2.45, 2.75) is 0 Å². The third-order valence-electron chi connectivity index (χ3n) is 2.60. The normalized spacial score (nSPS) is 10.0. The second-order valence-electron chi connectivity index (χ2n) is 3.89. The number of carbonyl (C=O) groups excluding carboxylic acids is 1. The number of Topliss-reactive ketones (excluding diaryl/α,β-unsaturated/α-hetero) is 1. The fourth-order valence-corrected chi connectivity index (χ4v) is 1.67. The lowest BCUT2D eigenvalue weighted by Gasteiger charge is -2.06. The average molecular weight is 277 g/mol. The van der Waals surface area contributed by atoms with Gasteiger partial charge in [0, 0.05) is 10.6 Å². The van der Waals surface area contributed by atoms with E-state index in [0.717, 1.165) is 5.75 Å². The molecular weight excluding hydrogens is 264 g/mol. The lowest BCUT2D eigenvalue weighted by Crippen LogP contribution is -2.11. The summed E-state index contributed by atoms with van der Waals surface area (Å²) in [5.74, 6) is 1.25. The smallest absolute Gasteiger partial charge is 0.200 e. The summed E-state index contributed by atoms with van der Waals surface area (Å²) in [4.78, 5) is 11.9. The molecule has 0 radical (unpaired) electrons. The van der Waals surface area contributed by atoms with Crippen LogP contribution in [0, 0.1) is 0 Å². The van der Waals surface area contributed by atoms with E-state index in [0.29, 0.717) is 16.3 Å². The molecule has 0 saturated carbocycles. The quantitative estimate of drug-likeness (QED) is 0.783. The molecule has 0 heterocycles. The molecule has 0 aliphatic carbocycles. The van der Waals surface area contributed by atoms with Crippen LogP contribution in [0.15, 0.2) is 48.5 Å². The lowest BCUT2D eigenvalue weighted by molar-refractivity contribution is 0.0921. The molecule has 4 heteroatoms. The van der Waals surface area contributed by atoms with Gasteiger partial charge in [-0.05, 0) is 48.5 Å². The van der Waals surface area contributed by atoms with Gasteiger partial charge in [0.15, 0.2) is 12.4 Å². The third kappa shape index (κ3) is 3.73. The van der Waals surface area contributed by atoms with E-state index in [1.807, 2.05) is 0 Å². The van der Waals surface area contributed by atoms with Crippen molar-refractivity contribution >= 4 is 17.4 Å². The molecule has 3 nitrogen and oxygen atoms in total. The molecular formula is C15H13ClO3. The number of halogens is 1. The van der Waals surface area contributed by atoms with Gasteiger partial charge < -0.3 is 9.47 Å². The first-order valence-electron chi connectivity index (χ1n) is 5.74. The Bertz CT molecular complexity index is 547. The van der Waals surface area contributed by atoms with Gasteiger partial charge in [0.05, 0.1) is 7.11 Å². The van der Waals surface area contributed by atoms with Crippen LogP contribution in [0.25, 0.3) is 0 Å². The Hall–Kier alpha value is -2.00. The molecule has 0 spiro atoms. The number of carbonyl (C=O) groups is 1. The van der Waals surface area contributed by atoms with Crippen LogP contribution in [-0.2, 0) is 0 Å². The van der Waals surface area contributed by atoms with Crippen molar-refractivity contribution in [3.8, 4) is 11.5 Å². The average Bonchev–Trinajstić information content (AvgIpc) is 2.46. The van der Waals surface area contributed by atoms with Gasteiger partial charge in [-0.1, -0.05) is 11.6 Å². The monoisotopic (exact) mass is 276 g/mol. The molecule has 0 atom stereocenters. The molecule has 2 rings (SSSR count). The predicted molar refractivity (Wildman–Crippen MR) is 74.3 cm³/mol. The molecule has 19 heavy (non-hydrogen) atoms. The third-order valence-corrected chi connectivity index (χ3v) is 2.85. The van der Waals surface area contributed by atoms with Crippen molar-refractivity contribution in [2.75, 3.05) is 13.7 Å². The van der Waals surface area contributed by atoms with E-state index >= 15 is 0 Å². The summed E-state index contributed by atoms with van der Waals surface area (Å²) in [6.07, 6.45) is 0. The van der Waals surface area contributed by atoms with E-state index in [1.165, 1.54) is 0 Å². The van der Waals surface area contributed by atoms with Gasteiger partial charge in [-0.25, -0.2) is 0 Å².